The first kappa shape index (κ1) is 22.2. The Morgan fingerprint density at radius 2 is 1.77 bits per heavy atom. The summed E-state index contributed by atoms with van der Waals surface area (Å²) in [6.45, 7) is 4.87. The maximum absolute atomic E-state index is 13.4. The predicted molar refractivity (Wildman–Crippen MR) is 117 cm³/mol. The van der Waals surface area contributed by atoms with Gasteiger partial charge in [0.15, 0.2) is 0 Å². The molecule has 0 spiro atoms. The molecule has 5 nitrogen and oxygen atoms in total. The van der Waals surface area contributed by atoms with Crippen LogP contribution in [0.5, 0.6) is 0 Å². The van der Waals surface area contributed by atoms with Gasteiger partial charge < -0.3 is 14.2 Å². The molecule has 1 amide bonds. The van der Waals surface area contributed by atoms with Crippen LogP contribution in [0.3, 0.4) is 0 Å². The first-order valence-corrected chi connectivity index (χ1v) is 10.3. The molecule has 1 saturated heterocycles. The zero-order valence-electron chi connectivity index (χ0n) is 17.8. The van der Waals surface area contributed by atoms with Gasteiger partial charge in [0, 0.05) is 33.0 Å². The van der Waals surface area contributed by atoms with Crippen LogP contribution in [0.4, 0.5) is 0 Å². The topological polar surface area (TPSA) is 48.0 Å². The smallest absolute Gasteiger partial charge is 0.253 e. The predicted octanol–water partition coefficient (Wildman–Crippen LogP) is 4.50. The van der Waals surface area contributed by atoms with Gasteiger partial charge in [-0.15, -0.1) is 6.58 Å². The molecular weight excluding hydrogens is 378 g/mol. The molecule has 1 unspecified atom stereocenters. The summed E-state index contributed by atoms with van der Waals surface area (Å²) in [6, 6.07) is 19.9. The Kier molecular flexibility index (Phi) is 7.80. The van der Waals surface area contributed by atoms with E-state index in [1.165, 1.54) is 0 Å². The van der Waals surface area contributed by atoms with Crippen molar-refractivity contribution < 1.29 is 19.0 Å². The van der Waals surface area contributed by atoms with Gasteiger partial charge in [-0.3, -0.25) is 9.69 Å². The number of allylic oxidation sites excluding steroid dienone is 1. The van der Waals surface area contributed by atoms with Gasteiger partial charge in [-0.1, -0.05) is 66.7 Å². The summed E-state index contributed by atoms with van der Waals surface area (Å²) in [6.07, 6.45) is 3.49. The Balaban J connectivity index is 1.71. The van der Waals surface area contributed by atoms with E-state index in [9.17, 15) is 4.79 Å². The molecule has 2 aromatic carbocycles. The van der Waals surface area contributed by atoms with Crippen LogP contribution in [0.15, 0.2) is 73.3 Å². The molecule has 3 rings (SSSR count). The van der Waals surface area contributed by atoms with Crippen molar-refractivity contribution >= 4 is 5.91 Å². The van der Waals surface area contributed by atoms with Gasteiger partial charge in [0.05, 0.1) is 19.3 Å². The van der Waals surface area contributed by atoms with E-state index < -0.39 is 5.91 Å². The van der Waals surface area contributed by atoms with E-state index in [4.69, 9.17) is 14.2 Å². The van der Waals surface area contributed by atoms with Crippen LogP contribution in [0.25, 0.3) is 0 Å². The van der Waals surface area contributed by atoms with Crippen LogP contribution in [-0.4, -0.2) is 43.6 Å². The molecule has 5 heteroatoms. The molecule has 0 radical (unpaired) electrons. The molecular formula is C25H31NO4. The second-order valence-electron chi connectivity index (χ2n) is 7.53. The minimum Gasteiger partial charge on any atom is -0.375 e. The Bertz CT molecular complexity index is 804. The van der Waals surface area contributed by atoms with Gasteiger partial charge in [0.2, 0.25) is 5.91 Å². The van der Waals surface area contributed by atoms with Crippen molar-refractivity contribution in [2.24, 2.45) is 0 Å². The SMILES string of the molecule is C=CC(CC(=O)N1[C@H](COCc2ccccc2)CCC1(OC)OC)c1ccccc1. The quantitative estimate of drug-likeness (QED) is 0.428. The fourth-order valence-electron chi connectivity index (χ4n) is 4.12. The largest absolute Gasteiger partial charge is 0.375 e. The van der Waals surface area contributed by atoms with Crippen molar-refractivity contribution in [2.45, 2.75) is 43.7 Å². The molecule has 30 heavy (non-hydrogen) atoms. The Hall–Kier alpha value is -2.47. The van der Waals surface area contributed by atoms with Gasteiger partial charge in [-0.05, 0) is 17.5 Å². The van der Waals surface area contributed by atoms with E-state index in [1.54, 1.807) is 19.1 Å². The van der Waals surface area contributed by atoms with Gasteiger partial charge in [-0.2, -0.15) is 0 Å². The number of amides is 1. The van der Waals surface area contributed by atoms with Crippen LogP contribution in [0.2, 0.25) is 0 Å². The van der Waals surface area contributed by atoms with Crippen LogP contribution in [0, 0.1) is 0 Å². The maximum Gasteiger partial charge on any atom is 0.253 e. The summed E-state index contributed by atoms with van der Waals surface area (Å²) in [4.78, 5) is 15.2. The normalized spacial score (nSPS) is 18.9. The molecule has 2 atom stereocenters. The van der Waals surface area contributed by atoms with Gasteiger partial charge >= 0.3 is 0 Å². The van der Waals surface area contributed by atoms with E-state index in [0.717, 1.165) is 17.5 Å². The lowest BCUT2D eigenvalue weighted by molar-refractivity contribution is -0.278. The van der Waals surface area contributed by atoms with Crippen LogP contribution >= 0.6 is 0 Å². The lowest BCUT2D eigenvalue weighted by Gasteiger charge is -2.39. The first-order chi connectivity index (χ1) is 14.6. The summed E-state index contributed by atoms with van der Waals surface area (Å²) in [5, 5.41) is 0. The lowest BCUT2D eigenvalue weighted by atomic mass is 9.95. The lowest BCUT2D eigenvalue weighted by Crippen LogP contribution is -2.54. The number of hydrogen-bond acceptors (Lipinski definition) is 4. The number of benzene rings is 2. The number of hydrogen-bond donors (Lipinski definition) is 0. The number of carbonyl (C=O) groups is 1. The third kappa shape index (κ3) is 4.98. The van der Waals surface area contributed by atoms with Crippen molar-refractivity contribution in [3.63, 3.8) is 0 Å². The van der Waals surface area contributed by atoms with Gasteiger partial charge in [0.25, 0.3) is 5.91 Å². The molecule has 0 aromatic heterocycles. The maximum atomic E-state index is 13.4. The Morgan fingerprint density at radius 1 is 1.13 bits per heavy atom. The van der Waals surface area contributed by atoms with E-state index in [2.05, 4.69) is 6.58 Å². The van der Waals surface area contributed by atoms with E-state index in [1.807, 2.05) is 66.7 Å². The van der Waals surface area contributed by atoms with Gasteiger partial charge in [0.1, 0.15) is 0 Å². The van der Waals surface area contributed by atoms with Crippen LogP contribution in [0.1, 0.15) is 36.3 Å². The van der Waals surface area contributed by atoms with Crippen molar-refractivity contribution in [3.05, 3.63) is 84.4 Å². The number of carbonyl (C=O) groups excluding carboxylic acids is 1. The van der Waals surface area contributed by atoms with Crippen molar-refractivity contribution in [1.29, 1.82) is 0 Å². The highest BCUT2D eigenvalue weighted by Crippen LogP contribution is 2.37. The fraction of sp³-hybridized carbons (Fsp3) is 0.400. The Morgan fingerprint density at radius 3 is 2.37 bits per heavy atom. The fourth-order valence-corrected chi connectivity index (χ4v) is 4.12. The molecule has 160 valence electrons. The standard InChI is InChI=1S/C25H31NO4/c1-4-21(22-13-9-6-10-14-22)17-24(27)26-23(15-16-25(26,28-2)29-3)19-30-18-20-11-7-5-8-12-20/h4-14,21,23H,1,15-19H2,2-3H3/t21?,23-/m0/s1. The van der Waals surface area contributed by atoms with Gasteiger partial charge in [-0.25, -0.2) is 0 Å². The van der Waals surface area contributed by atoms with E-state index >= 15 is 0 Å². The molecule has 1 aliphatic heterocycles. The average Bonchev–Trinajstić information content (AvgIpc) is 3.17. The summed E-state index contributed by atoms with van der Waals surface area (Å²) < 4.78 is 17.4. The highest BCUT2D eigenvalue weighted by Gasteiger charge is 2.50. The molecule has 0 bridgehead atoms. The minimum atomic E-state index is -1.06. The van der Waals surface area contributed by atoms with E-state index in [0.29, 0.717) is 26.1 Å². The molecule has 1 aliphatic rings. The summed E-state index contributed by atoms with van der Waals surface area (Å²) >= 11 is 0. The molecule has 0 aliphatic carbocycles. The highest BCUT2D eigenvalue weighted by atomic mass is 16.7. The van der Waals surface area contributed by atoms with E-state index in [-0.39, 0.29) is 17.9 Å². The summed E-state index contributed by atoms with van der Waals surface area (Å²) in [5.74, 6) is -1.16. The Labute approximate surface area is 179 Å². The number of likely N-dealkylation sites (tertiary alicyclic amines) is 1. The minimum absolute atomic E-state index is 0.0294. The third-order valence-corrected chi connectivity index (χ3v) is 5.76. The number of ether oxygens (including phenoxy) is 3. The molecule has 0 N–H and O–H groups in total. The summed E-state index contributed by atoms with van der Waals surface area (Å²) in [7, 11) is 3.17. The monoisotopic (exact) mass is 409 g/mol. The average molecular weight is 410 g/mol. The molecule has 2 aromatic rings. The second-order valence-corrected chi connectivity index (χ2v) is 7.53. The highest BCUT2D eigenvalue weighted by molar-refractivity contribution is 5.78. The van der Waals surface area contributed by atoms with Crippen molar-refractivity contribution in [2.75, 3.05) is 20.8 Å². The molecule has 1 heterocycles. The number of methoxy groups -OCH3 is 2. The first-order valence-electron chi connectivity index (χ1n) is 10.3. The second kappa shape index (κ2) is 10.5. The van der Waals surface area contributed by atoms with Crippen LogP contribution in [-0.2, 0) is 25.6 Å². The van der Waals surface area contributed by atoms with Crippen molar-refractivity contribution in [3.8, 4) is 0 Å². The summed E-state index contributed by atoms with van der Waals surface area (Å²) in [5.41, 5.74) is 2.17. The number of nitrogens with zero attached hydrogens (tertiary/aromatic N) is 1. The zero-order valence-corrected chi connectivity index (χ0v) is 17.8. The van der Waals surface area contributed by atoms with Crippen molar-refractivity contribution in [1.82, 2.24) is 4.90 Å². The third-order valence-electron chi connectivity index (χ3n) is 5.76. The zero-order chi connectivity index (χ0) is 21.4. The van der Waals surface area contributed by atoms with Crippen LogP contribution < -0.4 is 0 Å². The molecule has 1 fully saturated rings. The molecule has 0 saturated carbocycles. The number of rotatable bonds is 10.